The molecule has 2 aromatic carbocycles. The summed E-state index contributed by atoms with van der Waals surface area (Å²) in [4.78, 5) is 38.1. The molecule has 7 rings (SSSR count). The lowest BCUT2D eigenvalue weighted by Crippen LogP contribution is -2.72. The van der Waals surface area contributed by atoms with Crippen LogP contribution in [-0.2, 0) is 38.3 Å². The van der Waals surface area contributed by atoms with E-state index in [-0.39, 0.29) is 29.8 Å². The van der Waals surface area contributed by atoms with Crippen LogP contribution in [0, 0.1) is 37.5 Å². The quantitative estimate of drug-likeness (QED) is 0.221. The maximum Gasteiger partial charge on any atom is 0.333 e. The van der Waals surface area contributed by atoms with E-state index >= 15 is 0 Å². The summed E-state index contributed by atoms with van der Waals surface area (Å²) in [5, 5.41) is 0. The average molecular weight is 589 g/mol. The highest BCUT2D eigenvalue weighted by Crippen LogP contribution is 2.61. The lowest BCUT2D eigenvalue weighted by Gasteiger charge is -2.60. The second-order valence-electron chi connectivity index (χ2n) is 12.7. The minimum Gasteiger partial charge on any atom is -0.459 e. The number of ether oxygens (including phenoxy) is 4. The average Bonchev–Trinajstić information content (AvgIpc) is 3.21. The van der Waals surface area contributed by atoms with Crippen LogP contribution in [0.25, 0.3) is 12.2 Å². The number of benzene rings is 2. The van der Waals surface area contributed by atoms with Crippen LogP contribution < -0.4 is 0 Å². The van der Waals surface area contributed by atoms with Gasteiger partial charge < -0.3 is 18.9 Å². The van der Waals surface area contributed by atoms with Gasteiger partial charge in [0, 0.05) is 36.3 Å². The van der Waals surface area contributed by atoms with Gasteiger partial charge in [0.05, 0.1) is 0 Å². The normalized spacial score (nSPS) is 36.7. The van der Waals surface area contributed by atoms with E-state index in [2.05, 4.69) is 6.92 Å². The summed E-state index contributed by atoms with van der Waals surface area (Å²) in [6.45, 7) is 9.93. The van der Waals surface area contributed by atoms with Crippen LogP contribution in [0.1, 0.15) is 62.3 Å². The molecule has 1 saturated carbocycles. The first-order chi connectivity index (χ1) is 20.6. The van der Waals surface area contributed by atoms with Gasteiger partial charge in [-0.05, 0) is 62.8 Å². The molecule has 1 aliphatic carbocycles. The zero-order valence-corrected chi connectivity index (χ0v) is 25.4. The second-order valence-corrected chi connectivity index (χ2v) is 12.7. The second kappa shape index (κ2) is 11.7. The fourth-order valence-electron chi connectivity index (χ4n) is 7.12. The highest BCUT2D eigenvalue weighted by atomic mass is 17.3. The topological polar surface area (TPSA) is 89.5 Å². The summed E-state index contributed by atoms with van der Waals surface area (Å²) >= 11 is 0. The summed E-state index contributed by atoms with van der Waals surface area (Å²) < 4.78 is 24.7. The van der Waals surface area contributed by atoms with Crippen molar-refractivity contribution in [2.45, 2.75) is 84.0 Å². The predicted molar refractivity (Wildman–Crippen MR) is 159 cm³/mol. The van der Waals surface area contributed by atoms with E-state index in [1.54, 1.807) is 12.2 Å². The Labute approximate surface area is 252 Å². The molecule has 4 heterocycles. The first-order valence-corrected chi connectivity index (χ1v) is 15.2. The first kappa shape index (κ1) is 29.8. The van der Waals surface area contributed by atoms with Crippen LogP contribution in [0.5, 0.6) is 0 Å². The summed E-state index contributed by atoms with van der Waals surface area (Å²) in [5.74, 6) is -2.54. The van der Waals surface area contributed by atoms with E-state index in [1.165, 1.54) is 12.2 Å². The van der Waals surface area contributed by atoms with Crippen LogP contribution in [-0.4, -0.2) is 42.0 Å². The smallest absolute Gasteiger partial charge is 0.333 e. The van der Waals surface area contributed by atoms with Crippen molar-refractivity contribution in [3.8, 4) is 0 Å². The van der Waals surface area contributed by atoms with Gasteiger partial charge in [0.25, 0.3) is 0 Å². The number of carbonyl (C=O) groups excluding carboxylic acids is 2. The van der Waals surface area contributed by atoms with Crippen molar-refractivity contribution in [3.63, 3.8) is 0 Å². The van der Waals surface area contributed by atoms with Gasteiger partial charge in [-0.2, -0.15) is 0 Å². The first-order valence-electron chi connectivity index (χ1n) is 15.2. The van der Waals surface area contributed by atoms with Crippen molar-refractivity contribution in [2.24, 2.45) is 23.7 Å². The van der Waals surface area contributed by atoms with Gasteiger partial charge in [0.1, 0.15) is 6.10 Å². The molecule has 4 saturated heterocycles. The number of hydrogen-bond donors (Lipinski definition) is 0. The molecular formula is C35H40O8. The van der Waals surface area contributed by atoms with E-state index in [0.717, 1.165) is 28.7 Å². The Balaban J connectivity index is 1.22. The number of esters is 2. The Bertz CT molecular complexity index is 1400. The van der Waals surface area contributed by atoms with E-state index < -0.39 is 35.9 Å². The molecule has 0 aromatic heterocycles. The zero-order chi connectivity index (χ0) is 30.4. The van der Waals surface area contributed by atoms with Gasteiger partial charge in [-0.1, -0.05) is 73.5 Å². The van der Waals surface area contributed by atoms with Crippen LogP contribution in [0.3, 0.4) is 0 Å². The minimum absolute atomic E-state index is 0.0459. The summed E-state index contributed by atoms with van der Waals surface area (Å²) in [5.41, 5.74) is 3.20. The third kappa shape index (κ3) is 5.81. The van der Waals surface area contributed by atoms with Gasteiger partial charge in [-0.3, -0.25) is 0 Å². The Morgan fingerprint density at radius 3 is 2.00 bits per heavy atom. The lowest BCUT2D eigenvalue weighted by atomic mass is 9.57. The highest BCUT2D eigenvalue weighted by molar-refractivity contribution is 5.87. The fourth-order valence-corrected chi connectivity index (χ4v) is 7.12. The van der Waals surface area contributed by atoms with E-state index in [9.17, 15) is 9.59 Å². The van der Waals surface area contributed by atoms with Crippen molar-refractivity contribution in [3.05, 3.63) is 82.9 Å². The number of fused-ring (bicyclic) bond motifs is 2. The van der Waals surface area contributed by atoms with Crippen LogP contribution >= 0.6 is 0 Å². The standard InChI is InChI=1S/C35H40O8/c1-21-6-10-25(11-7-21)14-16-30(36)38-29-20-28-24(4)32(39-31(37)17-15-26-12-8-22(2)9-13-26)40-33-35(28)27(23(29)3)18-19-34(5,41-33)42-43-35/h6-17,23-24,27-29,32-33H,18-20H2,1-5H3/b16-14+,17-15+/t23-,24+,27-,28-,29+,32+,33+,34+,35+/m0/s1. The van der Waals surface area contributed by atoms with Crippen LogP contribution in [0.15, 0.2) is 60.7 Å². The molecule has 0 amide bonds. The van der Waals surface area contributed by atoms with E-state index in [1.807, 2.05) is 76.2 Å². The molecule has 2 aromatic rings. The molecule has 1 spiro atoms. The number of rotatable bonds is 6. The van der Waals surface area contributed by atoms with Gasteiger partial charge in [0.2, 0.25) is 12.1 Å². The maximum absolute atomic E-state index is 13.0. The van der Waals surface area contributed by atoms with Gasteiger partial charge in [-0.15, -0.1) is 0 Å². The molecule has 0 unspecified atom stereocenters. The molecule has 2 bridgehead atoms. The van der Waals surface area contributed by atoms with Crippen molar-refractivity contribution in [2.75, 3.05) is 0 Å². The van der Waals surface area contributed by atoms with Gasteiger partial charge in [-0.25, -0.2) is 19.4 Å². The monoisotopic (exact) mass is 588 g/mol. The summed E-state index contributed by atoms with van der Waals surface area (Å²) in [7, 11) is 0. The van der Waals surface area contributed by atoms with Crippen LogP contribution in [0.2, 0.25) is 0 Å². The van der Waals surface area contributed by atoms with Gasteiger partial charge in [0.15, 0.2) is 11.9 Å². The summed E-state index contributed by atoms with van der Waals surface area (Å²) in [6, 6.07) is 15.8. The van der Waals surface area contributed by atoms with E-state index in [4.69, 9.17) is 28.7 Å². The van der Waals surface area contributed by atoms with Crippen molar-refractivity contribution in [1.29, 1.82) is 0 Å². The molecule has 8 heteroatoms. The van der Waals surface area contributed by atoms with Crippen LogP contribution in [0.4, 0.5) is 0 Å². The largest absolute Gasteiger partial charge is 0.459 e. The molecule has 0 N–H and O–H groups in total. The molecule has 8 nitrogen and oxygen atoms in total. The SMILES string of the molecule is Cc1ccc(/C=C/C(=O)O[C@@H]2O[C@@H]3O[C@@]4(C)CC[C@H]5[C@H](C)[C@H](OC(=O)/C=C/c6ccc(C)cc6)C[C@@H]([C@H]2C)[C@@]35OO4)cc1. The molecule has 43 heavy (non-hydrogen) atoms. The molecular weight excluding hydrogens is 548 g/mol. The molecule has 228 valence electrons. The van der Waals surface area contributed by atoms with Gasteiger partial charge >= 0.3 is 11.9 Å². The third-order valence-corrected chi connectivity index (χ3v) is 9.66. The summed E-state index contributed by atoms with van der Waals surface area (Å²) in [6.07, 6.45) is 6.13. The number of carbonyl (C=O) groups is 2. The Morgan fingerprint density at radius 1 is 0.814 bits per heavy atom. The molecule has 5 aliphatic rings. The molecule has 0 radical (unpaired) electrons. The number of hydrogen-bond acceptors (Lipinski definition) is 8. The Morgan fingerprint density at radius 2 is 1.40 bits per heavy atom. The Kier molecular flexibility index (Phi) is 8.07. The Hall–Kier alpha value is -3.30. The van der Waals surface area contributed by atoms with Crippen molar-refractivity contribution >= 4 is 24.1 Å². The lowest BCUT2D eigenvalue weighted by molar-refractivity contribution is -0.577. The van der Waals surface area contributed by atoms with Crippen molar-refractivity contribution in [1.82, 2.24) is 0 Å². The predicted octanol–water partition coefficient (Wildman–Crippen LogP) is 6.30. The molecule has 4 aliphatic heterocycles. The zero-order valence-electron chi connectivity index (χ0n) is 25.4. The fraction of sp³-hybridized carbons (Fsp3) is 0.486. The molecule has 5 fully saturated rings. The minimum atomic E-state index is -0.999. The maximum atomic E-state index is 13.0. The van der Waals surface area contributed by atoms with E-state index in [0.29, 0.717) is 12.8 Å². The number of aryl methyl sites for hydroxylation is 2. The molecule has 9 atom stereocenters. The third-order valence-electron chi connectivity index (χ3n) is 9.66. The van der Waals surface area contributed by atoms with Crippen molar-refractivity contribution < 1.29 is 38.3 Å². The highest BCUT2D eigenvalue weighted by Gasteiger charge is 2.71.